The van der Waals surface area contributed by atoms with Crippen molar-refractivity contribution in [2.45, 2.75) is 63.8 Å². The maximum Gasteiger partial charge on any atom is 0.202 e. The Hall–Kier alpha value is -1.24. The summed E-state index contributed by atoms with van der Waals surface area (Å²) in [6.07, 6.45) is 13.2. The van der Waals surface area contributed by atoms with E-state index in [0.717, 1.165) is 12.8 Å². The smallest absolute Gasteiger partial charge is 0.202 e. The Morgan fingerprint density at radius 2 is 1.50 bits per heavy atom. The van der Waals surface area contributed by atoms with Crippen LogP contribution in [-0.2, 0) is 0 Å². The molecule has 16 heavy (non-hydrogen) atoms. The zero-order valence-electron chi connectivity index (χ0n) is 9.89. The third kappa shape index (κ3) is 5.59. The molecule has 0 atom stereocenters. The summed E-state index contributed by atoms with van der Waals surface area (Å²) in [6.45, 7) is 0. The fourth-order valence-corrected chi connectivity index (χ4v) is 2.25. The van der Waals surface area contributed by atoms with E-state index in [1.807, 2.05) is 0 Å². The molecular formula is C12H22N4. The zero-order valence-corrected chi connectivity index (χ0v) is 9.89. The van der Waals surface area contributed by atoms with E-state index in [1.54, 1.807) is 6.19 Å². The molecule has 1 aliphatic rings. The van der Waals surface area contributed by atoms with Crippen LogP contribution in [0.5, 0.6) is 0 Å². The summed E-state index contributed by atoms with van der Waals surface area (Å²) in [5.41, 5.74) is 0. The molecule has 0 aliphatic heterocycles. The standard InChI is InChI=1S/C12H22N4/c13-10-15-12(14)16-11-8-6-4-2-1-3-5-7-9-11/h11H,1-9H2,(H3,14,15,16). The Morgan fingerprint density at radius 3 is 2.00 bits per heavy atom. The summed E-state index contributed by atoms with van der Waals surface area (Å²) in [5.74, 6) is 0.143. The summed E-state index contributed by atoms with van der Waals surface area (Å²) in [6, 6.07) is 0.367. The first kappa shape index (κ1) is 12.8. The van der Waals surface area contributed by atoms with Gasteiger partial charge >= 0.3 is 0 Å². The molecule has 0 heterocycles. The van der Waals surface area contributed by atoms with Gasteiger partial charge in [-0.05, 0) is 12.8 Å². The second-order valence-electron chi connectivity index (χ2n) is 4.51. The minimum atomic E-state index is 0.143. The van der Waals surface area contributed by atoms with Crippen LogP contribution in [0.25, 0.3) is 0 Å². The minimum absolute atomic E-state index is 0.143. The van der Waals surface area contributed by atoms with Gasteiger partial charge in [0.05, 0.1) is 0 Å². The van der Waals surface area contributed by atoms with Crippen LogP contribution in [0.1, 0.15) is 57.8 Å². The van der Waals surface area contributed by atoms with E-state index >= 15 is 0 Å². The van der Waals surface area contributed by atoms with Crippen molar-refractivity contribution in [3.05, 3.63) is 0 Å². The highest BCUT2D eigenvalue weighted by atomic mass is 15.1. The van der Waals surface area contributed by atoms with Gasteiger partial charge in [-0.25, -0.2) is 0 Å². The van der Waals surface area contributed by atoms with Gasteiger partial charge in [0.2, 0.25) is 5.96 Å². The molecule has 0 aromatic carbocycles. The van der Waals surface area contributed by atoms with Gasteiger partial charge in [0.15, 0.2) is 6.19 Å². The zero-order chi connectivity index (χ0) is 11.6. The van der Waals surface area contributed by atoms with E-state index < -0.39 is 0 Å². The van der Waals surface area contributed by atoms with Crippen LogP contribution in [0.3, 0.4) is 0 Å². The Morgan fingerprint density at radius 1 is 1.00 bits per heavy atom. The number of nitrogens with one attached hydrogen (secondary N) is 3. The number of guanidine groups is 1. The molecule has 0 saturated heterocycles. The highest BCUT2D eigenvalue weighted by molar-refractivity contribution is 5.78. The molecule has 90 valence electrons. The van der Waals surface area contributed by atoms with Crippen molar-refractivity contribution in [2.75, 3.05) is 0 Å². The Kier molecular flexibility index (Phi) is 6.39. The second-order valence-corrected chi connectivity index (χ2v) is 4.51. The fraction of sp³-hybridized carbons (Fsp3) is 0.833. The molecule has 0 bridgehead atoms. The van der Waals surface area contributed by atoms with Gasteiger partial charge < -0.3 is 5.32 Å². The Bertz CT molecular complexity index is 234. The largest absolute Gasteiger partial charge is 0.353 e. The van der Waals surface area contributed by atoms with Crippen molar-refractivity contribution >= 4 is 5.96 Å². The molecular weight excluding hydrogens is 200 g/mol. The van der Waals surface area contributed by atoms with Crippen LogP contribution < -0.4 is 10.6 Å². The quantitative estimate of drug-likeness (QED) is 0.276. The van der Waals surface area contributed by atoms with Crippen molar-refractivity contribution in [2.24, 2.45) is 0 Å². The van der Waals surface area contributed by atoms with E-state index in [4.69, 9.17) is 10.7 Å². The van der Waals surface area contributed by atoms with Crippen LogP contribution in [0.15, 0.2) is 0 Å². The molecule has 1 rings (SSSR count). The monoisotopic (exact) mass is 222 g/mol. The van der Waals surface area contributed by atoms with Crippen LogP contribution >= 0.6 is 0 Å². The van der Waals surface area contributed by atoms with E-state index in [9.17, 15) is 0 Å². The average molecular weight is 222 g/mol. The van der Waals surface area contributed by atoms with Crippen molar-refractivity contribution in [3.8, 4) is 6.19 Å². The number of rotatable bonds is 1. The predicted octanol–water partition coefficient (Wildman–Crippen LogP) is 2.47. The lowest BCUT2D eigenvalue weighted by atomic mass is 9.97. The Labute approximate surface area is 97.9 Å². The second kappa shape index (κ2) is 7.98. The van der Waals surface area contributed by atoms with Gasteiger partial charge in [-0.1, -0.05) is 44.9 Å². The first-order valence-corrected chi connectivity index (χ1v) is 6.33. The van der Waals surface area contributed by atoms with Crippen molar-refractivity contribution in [1.29, 1.82) is 10.7 Å². The molecule has 4 nitrogen and oxygen atoms in total. The van der Waals surface area contributed by atoms with Gasteiger partial charge in [-0.15, -0.1) is 0 Å². The third-order valence-corrected chi connectivity index (χ3v) is 3.13. The highest BCUT2D eigenvalue weighted by Crippen LogP contribution is 2.16. The molecule has 0 radical (unpaired) electrons. The lowest BCUT2D eigenvalue weighted by Crippen LogP contribution is -2.41. The predicted molar refractivity (Wildman–Crippen MR) is 65.0 cm³/mol. The summed E-state index contributed by atoms with van der Waals surface area (Å²) >= 11 is 0. The first-order valence-electron chi connectivity index (χ1n) is 6.33. The van der Waals surface area contributed by atoms with Crippen LogP contribution in [0, 0.1) is 16.9 Å². The molecule has 0 aromatic rings. The van der Waals surface area contributed by atoms with Crippen molar-refractivity contribution in [1.82, 2.24) is 10.6 Å². The summed E-state index contributed by atoms with van der Waals surface area (Å²) in [7, 11) is 0. The van der Waals surface area contributed by atoms with E-state index in [2.05, 4.69) is 10.6 Å². The molecule has 0 amide bonds. The van der Waals surface area contributed by atoms with Crippen LogP contribution in [-0.4, -0.2) is 12.0 Å². The topological polar surface area (TPSA) is 71.7 Å². The Balaban J connectivity index is 2.30. The van der Waals surface area contributed by atoms with E-state index in [1.165, 1.54) is 44.9 Å². The lowest BCUT2D eigenvalue weighted by Gasteiger charge is -2.20. The van der Waals surface area contributed by atoms with Gasteiger partial charge in [0.25, 0.3) is 0 Å². The van der Waals surface area contributed by atoms with Gasteiger partial charge in [-0.2, -0.15) is 5.26 Å². The number of hydrogen-bond donors (Lipinski definition) is 3. The average Bonchev–Trinajstić information content (AvgIpc) is 2.27. The van der Waals surface area contributed by atoms with Gasteiger partial charge in [0, 0.05) is 6.04 Å². The minimum Gasteiger partial charge on any atom is -0.353 e. The fourth-order valence-electron chi connectivity index (χ4n) is 2.25. The van der Waals surface area contributed by atoms with Crippen LogP contribution in [0.2, 0.25) is 0 Å². The van der Waals surface area contributed by atoms with Gasteiger partial charge in [0.1, 0.15) is 0 Å². The number of hydrogen-bond acceptors (Lipinski definition) is 2. The summed E-state index contributed by atoms with van der Waals surface area (Å²) in [5, 5.41) is 21.3. The van der Waals surface area contributed by atoms with Crippen molar-refractivity contribution < 1.29 is 0 Å². The SMILES string of the molecule is N#CNC(=N)NC1CCCCCCCCC1. The summed E-state index contributed by atoms with van der Waals surface area (Å²) < 4.78 is 0. The maximum atomic E-state index is 8.41. The maximum absolute atomic E-state index is 8.41. The van der Waals surface area contributed by atoms with Crippen molar-refractivity contribution in [3.63, 3.8) is 0 Å². The third-order valence-electron chi connectivity index (χ3n) is 3.13. The highest BCUT2D eigenvalue weighted by Gasteiger charge is 2.10. The van der Waals surface area contributed by atoms with Crippen LogP contribution in [0.4, 0.5) is 0 Å². The lowest BCUT2D eigenvalue weighted by molar-refractivity contribution is 0.435. The van der Waals surface area contributed by atoms with Gasteiger partial charge in [-0.3, -0.25) is 10.7 Å². The molecule has 3 N–H and O–H groups in total. The summed E-state index contributed by atoms with van der Waals surface area (Å²) in [4.78, 5) is 0. The molecule has 1 fully saturated rings. The van der Waals surface area contributed by atoms with E-state index in [0.29, 0.717) is 6.04 Å². The molecule has 1 aliphatic carbocycles. The number of nitrogens with zero attached hydrogens (tertiary/aromatic N) is 1. The molecule has 0 unspecified atom stereocenters. The van der Waals surface area contributed by atoms with E-state index in [-0.39, 0.29) is 5.96 Å². The molecule has 1 saturated carbocycles. The number of nitriles is 1. The molecule has 4 heteroatoms. The molecule has 0 spiro atoms. The first-order chi connectivity index (χ1) is 7.83. The molecule has 0 aromatic heterocycles. The normalized spacial score (nSPS) is 19.4.